The zero-order valence-corrected chi connectivity index (χ0v) is 10.2. The van der Waals surface area contributed by atoms with Crippen LogP contribution in [0.3, 0.4) is 0 Å². The molecule has 0 aliphatic heterocycles. The van der Waals surface area contributed by atoms with Crippen LogP contribution in [-0.4, -0.2) is 12.6 Å². The Balaban J connectivity index is 1.93. The summed E-state index contributed by atoms with van der Waals surface area (Å²) in [4.78, 5) is 0. The van der Waals surface area contributed by atoms with E-state index in [0.29, 0.717) is 18.0 Å². The molecule has 0 bridgehead atoms. The van der Waals surface area contributed by atoms with Gasteiger partial charge in [0.25, 0.3) is 0 Å². The number of hydrogen-bond donors (Lipinski definition) is 2. The van der Waals surface area contributed by atoms with Gasteiger partial charge in [-0.15, -0.1) is 0 Å². The Morgan fingerprint density at radius 3 is 2.94 bits per heavy atom. The summed E-state index contributed by atoms with van der Waals surface area (Å²) in [5.41, 5.74) is 7.44. The van der Waals surface area contributed by atoms with Gasteiger partial charge in [0, 0.05) is 24.2 Å². The van der Waals surface area contributed by atoms with E-state index in [1.807, 2.05) is 6.07 Å². The van der Waals surface area contributed by atoms with Crippen LogP contribution in [-0.2, 0) is 0 Å². The van der Waals surface area contributed by atoms with Crippen molar-refractivity contribution in [1.29, 1.82) is 0 Å². The van der Waals surface area contributed by atoms with Gasteiger partial charge in [0.1, 0.15) is 0 Å². The van der Waals surface area contributed by atoms with Crippen LogP contribution in [0.25, 0.3) is 0 Å². The highest BCUT2D eigenvalue weighted by Gasteiger charge is 2.31. The second-order valence-electron chi connectivity index (χ2n) is 5.62. The molecule has 90 valence electrons. The maximum absolute atomic E-state index is 5.81. The zero-order valence-electron chi connectivity index (χ0n) is 10.2. The summed E-state index contributed by atoms with van der Waals surface area (Å²) in [7, 11) is 0. The molecule has 3 nitrogen and oxygen atoms in total. The summed E-state index contributed by atoms with van der Waals surface area (Å²) in [6, 6.07) is 2.82. The first-order valence-electron chi connectivity index (χ1n) is 6.09. The molecule has 3 N–H and O–H groups in total. The SMILES string of the molecule is CC1(C)CCC(NC(CN)c2ccoc2)C1. The maximum atomic E-state index is 5.81. The zero-order chi connectivity index (χ0) is 11.6. The second kappa shape index (κ2) is 4.60. The molecule has 1 aromatic rings. The van der Waals surface area contributed by atoms with Gasteiger partial charge < -0.3 is 15.5 Å². The van der Waals surface area contributed by atoms with Crippen LogP contribution in [0.15, 0.2) is 23.0 Å². The summed E-state index contributed by atoms with van der Waals surface area (Å²) in [5, 5.41) is 3.64. The Bertz CT molecular complexity index is 319. The van der Waals surface area contributed by atoms with E-state index in [2.05, 4.69) is 19.2 Å². The quantitative estimate of drug-likeness (QED) is 0.822. The highest BCUT2D eigenvalue weighted by atomic mass is 16.3. The number of furan rings is 1. The first-order valence-corrected chi connectivity index (χ1v) is 6.09. The first kappa shape index (κ1) is 11.7. The first-order chi connectivity index (χ1) is 7.61. The lowest BCUT2D eigenvalue weighted by atomic mass is 9.91. The van der Waals surface area contributed by atoms with Crippen molar-refractivity contribution in [2.75, 3.05) is 6.54 Å². The average molecular weight is 222 g/mol. The fourth-order valence-corrected chi connectivity index (χ4v) is 2.64. The third kappa shape index (κ3) is 2.66. The lowest BCUT2D eigenvalue weighted by molar-refractivity contribution is 0.353. The Hall–Kier alpha value is -0.800. The fourth-order valence-electron chi connectivity index (χ4n) is 2.64. The van der Waals surface area contributed by atoms with Crippen molar-refractivity contribution in [3.63, 3.8) is 0 Å². The van der Waals surface area contributed by atoms with Crippen LogP contribution < -0.4 is 11.1 Å². The minimum atomic E-state index is 0.234. The van der Waals surface area contributed by atoms with Crippen LogP contribution in [0.1, 0.15) is 44.7 Å². The molecule has 2 atom stereocenters. The van der Waals surface area contributed by atoms with E-state index in [0.717, 1.165) is 5.56 Å². The van der Waals surface area contributed by atoms with Crippen LogP contribution in [0.2, 0.25) is 0 Å². The highest BCUT2D eigenvalue weighted by Crippen LogP contribution is 2.37. The van der Waals surface area contributed by atoms with E-state index in [4.69, 9.17) is 10.2 Å². The molecule has 1 saturated carbocycles. The maximum Gasteiger partial charge on any atom is 0.0950 e. The summed E-state index contributed by atoms with van der Waals surface area (Å²) in [6.07, 6.45) is 7.28. The number of nitrogens with two attached hydrogens (primary N) is 1. The largest absolute Gasteiger partial charge is 0.472 e. The van der Waals surface area contributed by atoms with Gasteiger partial charge >= 0.3 is 0 Å². The molecule has 0 aromatic carbocycles. The van der Waals surface area contributed by atoms with Gasteiger partial charge in [-0.3, -0.25) is 0 Å². The third-order valence-corrected chi connectivity index (χ3v) is 3.59. The topological polar surface area (TPSA) is 51.2 Å². The predicted molar refractivity (Wildman–Crippen MR) is 65.1 cm³/mol. The van der Waals surface area contributed by atoms with Crippen LogP contribution >= 0.6 is 0 Å². The van der Waals surface area contributed by atoms with E-state index < -0.39 is 0 Å². The standard InChI is InChI=1S/C13H22N2O/c1-13(2)5-3-11(7-13)15-12(8-14)10-4-6-16-9-10/h4,6,9,11-12,15H,3,5,7-8,14H2,1-2H3. The molecule has 1 aliphatic rings. The Morgan fingerprint density at radius 2 is 2.44 bits per heavy atom. The molecule has 0 spiro atoms. The van der Waals surface area contributed by atoms with Crippen LogP contribution in [0, 0.1) is 5.41 Å². The average Bonchev–Trinajstić information content (AvgIpc) is 2.84. The Labute approximate surface area is 97.4 Å². The van der Waals surface area contributed by atoms with Crippen LogP contribution in [0.4, 0.5) is 0 Å². The smallest absolute Gasteiger partial charge is 0.0950 e. The Kier molecular flexibility index (Phi) is 3.36. The molecule has 0 radical (unpaired) electrons. The molecule has 2 rings (SSSR count). The minimum Gasteiger partial charge on any atom is -0.472 e. The van der Waals surface area contributed by atoms with Crippen molar-refractivity contribution in [1.82, 2.24) is 5.32 Å². The van der Waals surface area contributed by atoms with Gasteiger partial charge in [-0.2, -0.15) is 0 Å². The third-order valence-electron chi connectivity index (χ3n) is 3.59. The van der Waals surface area contributed by atoms with Crippen molar-refractivity contribution in [2.45, 2.75) is 45.2 Å². The van der Waals surface area contributed by atoms with Gasteiger partial charge in [0.05, 0.1) is 12.5 Å². The number of rotatable bonds is 4. The molecule has 0 amide bonds. The molecule has 1 aromatic heterocycles. The van der Waals surface area contributed by atoms with Gasteiger partial charge in [-0.1, -0.05) is 13.8 Å². The molecule has 3 heteroatoms. The summed E-state index contributed by atoms with van der Waals surface area (Å²) in [6.45, 7) is 5.30. The monoisotopic (exact) mass is 222 g/mol. The number of hydrogen-bond acceptors (Lipinski definition) is 3. The number of nitrogens with one attached hydrogen (secondary N) is 1. The normalized spacial score (nSPS) is 25.8. The minimum absolute atomic E-state index is 0.234. The van der Waals surface area contributed by atoms with Crippen molar-refractivity contribution in [3.8, 4) is 0 Å². The summed E-state index contributed by atoms with van der Waals surface area (Å²) >= 11 is 0. The molecule has 16 heavy (non-hydrogen) atoms. The van der Waals surface area contributed by atoms with Crippen molar-refractivity contribution < 1.29 is 4.42 Å². The van der Waals surface area contributed by atoms with Gasteiger partial charge in [-0.25, -0.2) is 0 Å². The molecule has 2 unspecified atom stereocenters. The molecule has 0 saturated heterocycles. The molecule has 1 aliphatic carbocycles. The van der Waals surface area contributed by atoms with Crippen LogP contribution in [0.5, 0.6) is 0 Å². The van der Waals surface area contributed by atoms with E-state index in [-0.39, 0.29) is 6.04 Å². The van der Waals surface area contributed by atoms with Gasteiger partial charge in [0.2, 0.25) is 0 Å². The van der Waals surface area contributed by atoms with Crippen molar-refractivity contribution >= 4 is 0 Å². The van der Waals surface area contributed by atoms with E-state index in [1.54, 1.807) is 12.5 Å². The lowest BCUT2D eigenvalue weighted by Crippen LogP contribution is -2.35. The van der Waals surface area contributed by atoms with E-state index in [9.17, 15) is 0 Å². The van der Waals surface area contributed by atoms with Gasteiger partial charge in [-0.05, 0) is 30.7 Å². The van der Waals surface area contributed by atoms with Crippen molar-refractivity contribution in [2.24, 2.45) is 11.1 Å². The fraction of sp³-hybridized carbons (Fsp3) is 0.692. The molecular weight excluding hydrogens is 200 g/mol. The summed E-state index contributed by atoms with van der Waals surface area (Å²) in [5.74, 6) is 0. The molecular formula is C13H22N2O. The summed E-state index contributed by atoms with van der Waals surface area (Å²) < 4.78 is 5.11. The highest BCUT2D eigenvalue weighted by molar-refractivity contribution is 5.12. The second-order valence-corrected chi connectivity index (χ2v) is 5.62. The predicted octanol–water partition coefficient (Wildman–Crippen LogP) is 2.45. The molecule has 1 fully saturated rings. The van der Waals surface area contributed by atoms with Gasteiger partial charge in [0.15, 0.2) is 0 Å². The lowest BCUT2D eigenvalue weighted by Gasteiger charge is -2.22. The molecule has 1 heterocycles. The van der Waals surface area contributed by atoms with E-state index in [1.165, 1.54) is 19.3 Å². The van der Waals surface area contributed by atoms with Crippen molar-refractivity contribution in [3.05, 3.63) is 24.2 Å². The van der Waals surface area contributed by atoms with E-state index >= 15 is 0 Å². The Morgan fingerprint density at radius 1 is 1.62 bits per heavy atom.